The van der Waals surface area contributed by atoms with E-state index in [9.17, 15) is 9.59 Å². The van der Waals surface area contributed by atoms with Crippen LogP contribution in [0.1, 0.15) is 30.1 Å². The van der Waals surface area contributed by atoms with Gasteiger partial charge in [0, 0.05) is 32.2 Å². The van der Waals surface area contributed by atoms with Crippen molar-refractivity contribution in [3.63, 3.8) is 0 Å². The van der Waals surface area contributed by atoms with Crippen LogP contribution in [0.25, 0.3) is 0 Å². The summed E-state index contributed by atoms with van der Waals surface area (Å²) in [4.78, 5) is 28.9. The number of amides is 2. The molecule has 1 N–H and O–H groups in total. The number of hydrogen-bond acceptors (Lipinski definition) is 4. The average Bonchev–Trinajstić information content (AvgIpc) is 2.88. The molecule has 0 radical (unpaired) electrons. The average molecular weight is 291 g/mol. The van der Waals surface area contributed by atoms with Crippen LogP contribution in [0.4, 0.5) is 0 Å². The maximum Gasteiger partial charge on any atom is 0.255 e. The van der Waals surface area contributed by atoms with E-state index in [1.54, 1.807) is 13.0 Å². The van der Waals surface area contributed by atoms with Crippen LogP contribution in [-0.2, 0) is 4.79 Å². The van der Waals surface area contributed by atoms with E-state index in [0.29, 0.717) is 11.6 Å². The first-order valence-corrected chi connectivity index (χ1v) is 7.51. The van der Waals surface area contributed by atoms with Crippen molar-refractivity contribution < 1.29 is 14.0 Å². The monoisotopic (exact) mass is 291 g/mol. The van der Waals surface area contributed by atoms with Crippen molar-refractivity contribution in [3.8, 4) is 0 Å². The van der Waals surface area contributed by atoms with Gasteiger partial charge in [0.1, 0.15) is 12.3 Å². The molecule has 0 saturated carbocycles. The molecule has 1 aromatic heterocycles. The van der Waals surface area contributed by atoms with E-state index >= 15 is 0 Å². The van der Waals surface area contributed by atoms with Crippen LogP contribution in [0.3, 0.4) is 0 Å². The lowest BCUT2D eigenvalue weighted by Crippen LogP contribution is -2.51. The minimum Gasteiger partial charge on any atom is -0.472 e. The van der Waals surface area contributed by atoms with Gasteiger partial charge in [-0.05, 0) is 25.8 Å². The van der Waals surface area contributed by atoms with Crippen molar-refractivity contribution >= 4 is 11.8 Å². The summed E-state index contributed by atoms with van der Waals surface area (Å²) in [6.45, 7) is 5.59. The number of nitrogens with zero attached hydrogens (tertiary/aromatic N) is 2. The molecule has 0 aliphatic carbocycles. The zero-order chi connectivity index (χ0) is 14.8. The number of rotatable bonds is 3. The summed E-state index contributed by atoms with van der Waals surface area (Å²) in [5, 5.41) is 2.75. The zero-order valence-electron chi connectivity index (χ0n) is 12.2. The molecule has 3 fully saturated rings. The number of nitrogens with one attached hydrogen (secondary N) is 1. The van der Waals surface area contributed by atoms with E-state index in [1.807, 2.05) is 4.90 Å². The molecule has 21 heavy (non-hydrogen) atoms. The zero-order valence-corrected chi connectivity index (χ0v) is 12.2. The molecule has 6 nitrogen and oxygen atoms in total. The van der Waals surface area contributed by atoms with Crippen LogP contribution >= 0.6 is 0 Å². The molecule has 0 unspecified atom stereocenters. The van der Waals surface area contributed by atoms with Gasteiger partial charge in [0.2, 0.25) is 5.91 Å². The lowest BCUT2D eigenvalue weighted by Gasteiger charge is -2.33. The van der Waals surface area contributed by atoms with Gasteiger partial charge in [-0.15, -0.1) is 0 Å². The maximum absolute atomic E-state index is 12.6. The normalized spacial score (nSPS) is 26.2. The Balaban J connectivity index is 1.62. The van der Waals surface area contributed by atoms with E-state index in [1.165, 1.54) is 12.5 Å². The summed E-state index contributed by atoms with van der Waals surface area (Å²) < 4.78 is 4.89. The van der Waals surface area contributed by atoms with Gasteiger partial charge in [-0.1, -0.05) is 0 Å². The highest BCUT2D eigenvalue weighted by molar-refractivity contribution is 5.97. The third-order valence-electron chi connectivity index (χ3n) is 4.44. The minimum absolute atomic E-state index is 0.0144. The topological polar surface area (TPSA) is 65.8 Å². The molecule has 114 valence electrons. The van der Waals surface area contributed by atoms with Crippen molar-refractivity contribution in [2.45, 2.75) is 31.8 Å². The predicted molar refractivity (Wildman–Crippen MR) is 76.8 cm³/mol. The summed E-state index contributed by atoms with van der Waals surface area (Å²) >= 11 is 0. The lowest BCUT2D eigenvalue weighted by atomic mass is 10.0. The lowest BCUT2D eigenvalue weighted by molar-refractivity contribution is -0.134. The molecule has 2 amide bonds. The van der Waals surface area contributed by atoms with Crippen molar-refractivity contribution in [1.29, 1.82) is 0 Å². The van der Waals surface area contributed by atoms with Crippen LogP contribution in [0.2, 0.25) is 0 Å². The van der Waals surface area contributed by atoms with Crippen LogP contribution in [-0.4, -0.2) is 59.9 Å². The number of hydrogen-bond donors (Lipinski definition) is 1. The number of fused-ring (bicyclic) bond motifs is 4. The van der Waals surface area contributed by atoms with Gasteiger partial charge in [0.15, 0.2) is 0 Å². The number of piperidine rings is 1. The standard InChI is InChI=1S/C15H21N3O3/c1-11(16-14(19)12-4-9-21-10-12)15(20)18-8-7-17-5-2-13(18)3-6-17/h4,9-11,13H,2-3,5-8H2,1H3,(H,16,19)/t11-/m1/s1. The third kappa shape index (κ3) is 2.95. The van der Waals surface area contributed by atoms with E-state index in [4.69, 9.17) is 4.42 Å². The van der Waals surface area contributed by atoms with E-state index in [2.05, 4.69) is 10.2 Å². The maximum atomic E-state index is 12.6. The largest absolute Gasteiger partial charge is 0.472 e. The van der Waals surface area contributed by atoms with Crippen molar-refractivity contribution in [1.82, 2.24) is 15.1 Å². The second kappa shape index (κ2) is 5.89. The summed E-state index contributed by atoms with van der Waals surface area (Å²) in [6.07, 6.45) is 4.90. The van der Waals surface area contributed by atoms with Crippen molar-refractivity contribution in [3.05, 3.63) is 24.2 Å². The molecule has 1 aromatic rings. The highest BCUT2D eigenvalue weighted by Crippen LogP contribution is 2.21. The van der Waals surface area contributed by atoms with Crippen molar-refractivity contribution in [2.75, 3.05) is 26.2 Å². The van der Waals surface area contributed by atoms with Crippen molar-refractivity contribution in [2.24, 2.45) is 0 Å². The first-order valence-electron chi connectivity index (χ1n) is 7.51. The van der Waals surface area contributed by atoms with Gasteiger partial charge in [-0.25, -0.2) is 0 Å². The Morgan fingerprint density at radius 2 is 2.05 bits per heavy atom. The minimum atomic E-state index is -0.514. The molecule has 0 aromatic carbocycles. The number of carbonyl (C=O) groups excluding carboxylic acids is 2. The molecule has 4 rings (SSSR count). The van der Waals surface area contributed by atoms with Gasteiger partial charge in [0.05, 0.1) is 11.8 Å². The fourth-order valence-electron chi connectivity index (χ4n) is 3.16. The molecule has 6 heteroatoms. The van der Waals surface area contributed by atoms with Gasteiger partial charge in [0.25, 0.3) is 5.91 Å². The fraction of sp³-hybridized carbons (Fsp3) is 0.600. The Morgan fingerprint density at radius 3 is 2.71 bits per heavy atom. The van der Waals surface area contributed by atoms with E-state index in [0.717, 1.165) is 39.0 Å². The van der Waals surface area contributed by atoms with Crippen LogP contribution in [0, 0.1) is 0 Å². The molecule has 0 spiro atoms. The summed E-state index contributed by atoms with van der Waals surface area (Å²) in [5.41, 5.74) is 0.442. The second-order valence-corrected chi connectivity index (χ2v) is 5.81. The molecular formula is C15H21N3O3. The fourth-order valence-corrected chi connectivity index (χ4v) is 3.16. The van der Waals surface area contributed by atoms with Gasteiger partial charge in [-0.2, -0.15) is 0 Å². The molecule has 1 atom stereocenters. The Labute approximate surface area is 124 Å². The molecule has 3 saturated heterocycles. The molecule has 2 bridgehead atoms. The van der Waals surface area contributed by atoms with Gasteiger partial charge < -0.3 is 19.5 Å². The SMILES string of the molecule is C[C@@H](NC(=O)c1ccoc1)C(=O)N1CCN2CCC1CC2. The molecule has 4 heterocycles. The highest BCUT2D eigenvalue weighted by Gasteiger charge is 2.34. The van der Waals surface area contributed by atoms with E-state index in [-0.39, 0.29) is 11.8 Å². The first kappa shape index (κ1) is 14.1. The number of carbonyl (C=O) groups is 2. The van der Waals surface area contributed by atoms with Gasteiger partial charge >= 0.3 is 0 Å². The molecule has 3 aliphatic rings. The summed E-state index contributed by atoms with van der Waals surface area (Å²) in [7, 11) is 0. The second-order valence-electron chi connectivity index (χ2n) is 5.81. The van der Waals surface area contributed by atoms with Crippen LogP contribution < -0.4 is 5.32 Å². The van der Waals surface area contributed by atoms with Crippen LogP contribution in [0.15, 0.2) is 23.0 Å². The first-order chi connectivity index (χ1) is 10.1. The number of furan rings is 1. The quantitative estimate of drug-likeness (QED) is 0.890. The Bertz CT molecular complexity index is 506. The Hall–Kier alpha value is -1.82. The van der Waals surface area contributed by atoms with Crippen LogP contribution in [0.5, 0.6) is 0 Å². The molecule has 3 aliphatic heterocycles. The predicted octanol–water partition coefficient (Wildman–Crippen LogP) is 0.704. The highest BCUT2D eigenvalue weighted by atomic mass is 16.3. The molecular weight excluding hydrogens is 270 g/mol. The van der Waals surface area contributed by atoms with E-state index < -0.39 is 6.04 Å². The smallest absolute Gasteiger partial charge is 0.255 e. The third-order valence-corrected chi connectivity index (χ3v) is 4.44. The summed E-state index contributed by atoms with van der Waals surface area (Å²) in [6, 6.07) is 1.40. The summed E-state index contributed by atoms with van der Waals surface area (Å²) in [5.74, 6) is -0.256. The Kier molecular flexibility index (Phi) is 3.96. The van der Waals surface area contributed by atoms with Gasteiger partial charge in [-0.3, -0.25) is 9.59 Å². The Morgan fingerprint density at radius 1 is 1.29 bits per heavy atom.